The second-order valence-electron chi connectivity index (χ2n) is 10.7. The van der Waals surface area contributed by atoms with Crippen LogP contribution in [0.3, 0.4) is 0 Å². The van der Waals surface area contributed by atoms with Gasteiger partial charge in [0.2, 0.25) is 0 Å². The van der Waals surface area contributed by atoms with Gasteiger partial charge in [-0.3, -0.25) is 0 Å². The molecule has 43 heavy (non-hydrogen) atoms. The maximum absolute atomic E-state index is 11.2. The molecule has 7 aromatic carbocycles. The Kier molecular flexibility index (Phi) is 7.03. The maximum atomic E-state index is 9.93. The molecule has 0 nitrogen and oxygen atoms in total. The van der Waals surface area contributed by atoms with Gasteiger partial charge < -0.3 is 0 Å². The van der Waals surface area contributed by atoms with E-state index in [2.05, 4.69) is 146 Å². The summed E-state index contributed by atoms with van der Waals surface area (Å²) in [5, 5.41) is 12.5. The SMILES string of the molecule is [F][Sb-]([F])([F])([F])([F])[F].[H+].c1ccc([PH](Cc2ccc3ccc4cccc5ccc2c3c45)(c2ccccc2)c2ccccc2)cc1. The van der Waals surface area contributed by atoms with Crippen molar-refractivity contribution in [2.24, 2.45) is 0 Å². The summed E-state index contributed by atoms with van der Waals surface area (Å²) in [5.41, 5.74) is 1.43. The van der Waals surface area contributed by atoms with Crippen molar-refractivity contribution in [1.29, 1.82) is 0 Å². The predicted octanol–water partition coefficient (Wildman–Crippen LogP) is 10.1. The van der Waals surface area contributed by atoms with Gasteiger partial charge >= 0.3 is 251 Å². The summed E-state index contributed by atoms with van der Waals surface area (Å²) < 4.78 is 59.6. The van der Waals surface area contributed by atoms with Gasteiger partial charge in [-0.25, -0.2) is 0 Å². The average molecular weight is 715 g/mol. The predicted molar refractivity (Wildman–Crippen MR) is 174 cm³/mol. The molecule has 8 heteroatoms. The number of halogens is 6. The molecule has 0 N–H and O–H groups in total. The molecule has 0 aromatic heterocycles. The Morgan fingerprint density at radius 2 is 0.791 bits per heavy atom. The molecule has 0 saturated heterocycles. The molecule has 0 radical (unpaired) electrons. The number of hydrogen-bond acceptors (Lipinski definition) is 0. The Balaban J connectivity index is 0.000000433. The van der Waals surface area contributed by atoms with Crippen molar-refractivity contribution in [3.05, 3.63) is 151 Å². The van der Waals surface area contributed by atoms with Crippen LogP contribution >= 0.6 is 7.26 Å². The molecular formula is C35H28F6PSb. The monoisotopic (exact) mass is 714 g/mol. The van der Waals surface area contributed by atoms with Crippen molar-refractivity contribution in [3.8, 4) is 0 Å². The van der Waals surface area contributed by atoms with E-state index in [4.69, 9.17) is 0 Å². The topological polar surface area (TPSA) is 0 Å². The molecule has 0 bridgehead atoms. The van der Waals surface area contributed by atoms with Gasteiger partial charge in [0.05, 0.1) is 0 Å². The van der Waals surface area contributed by atoms with Crippen LogP contribution < -0.4 is 15.9 Å². The molecule has 0 atom stereocenters. The number of rotatable bonds is 5. The molecular weight excluding hydrogens is 687 g/mol. The van der Waals surface area contributed by atoms with E-state index in [0.29, 0.717) is 0 Å². The van der Waals surface area contributed by atoms with E-state index in [9.17, 15) is 16.9 Å². The van der Waals surface area contributed by atoms with Crippen LogP contribution in [0.25, 0.3) is 32.3 Å². The Hall–Kier alpha value is -3.59. The van der Waals surface area contributed by atoms with Crippen molar-refractivity contribution in [2.75, 3.05) is 0 Å². The summed E-state index contributed by atoms with van der Waals surface area (Å²) in [4.78, 5) is 0. The molecule has 0 heterocycles. The minimum atomic E-state index is -11.2. The van der Waals surface area contributed by atoms with Gasteiger partial charge in [-0.1, -0.05) is 0 Å². The number of benzene rings is 7. The first kappa shape index (κ1) is 29.5. The average Bonchev–Trinajstić information content (AvgIpc) is 2.99. The van der Waals surface area contributed by atoms with Crippen LogP contribution in [-0.4, -0.2) is 19.5 Å². The van der Waals surface area contributed by atoms with Crippen LogP contribution in [0.2, 0.25) is 0 Å². The fraction of sp³-hybridized carbons (Fsp3) is 0.0286. The zero-order chi connectivity index (χ0) is 30.4. The van der Waals surface area contributed by atoms with Gasteiger partial charge in [0.1, 0.15) is 0 Å². The Morgan fingerprint density at radius 3 is 1.23 bits per heavy atom. The van der Waals surface area contributed by atoms with Crippen LogP contribution in [0.1, 0.15) is 6.99 Å². The zero-order valence-electron chi connectivity index (χ0n) is 23.8. The molecule has 0 spiro atoms. The van der Waals surface area contributed by atoms with Crippen LogP contribution in [0.5, 0.6) is 0 Å². The molecule has 0 fully saturated rings. The van der Waals surface area contributed by atoms with Crippen molar-refractivity contribution in [2.45, 2.75) is 6.16 Å². The minimum absolute atomic E-state index is 0. The van der Waals surface area contributed by atoms with Gasteiger partial charge in [-0.2, -0.15) is 0 Å². The van der Waals surface area contributed by atoms with Crippen LogP contribution in [0.4, 0.5) is 16.9 Å². The molecule has 0 aliphatic rings. The van der Waals surface area contributed by atoms with Gasteiger partial charge in [0, 0.05) is 0 Å². The van der Waals surface area contributed by atoms with Crippen LogP contribution in [-0.2, 0) is 6.16 Å². The zero-order valence-corrected chi connectivity index (χ0v) is 26.3. The molecule has 7 aromatic rings. The van der Waals surface area contributed by atoms with E-state index in [1.165, 1.54) is 53.8 Å². The summed E-state index contributed by atoms with van der Waals surface area (Å²) in [6.07, 6.45) is 1.01. The Bertz CT molecular complexity index is 1910. The fourth-order valence-electron chi connectivity index (χ4n) is 6.21. The third kappa shape index (κ3) is 6.51. The normalized spacial score (nSPS) is 14.2. The fourth-order valence-corrected chi connectivity index (χ4v) is 11.0. The van der Waals surface area contributed by atoms with Crippen molar-refractivity contribution in [1.82, 2.24) is 0 Å². The Labute approximate surface area is 249 Å². The van der Waals surface area contributed by atoms with E-state index in [1.807, 2.05) is 0 Å². The van der Waals surface area contributed by atoms with Gasteiger partial charge in [0.15, 0.2) is 0 Å². The second-order valence-corrected chi connectivity index (χ2v) is 20.1. The van der Waals surface area contributed by atoms with E-state index in [0.717, 1.165) is 6.16 Å². The van der Waals surface area contributed by atoms with Crippen molar-refractivity contribution in [3.63, 3.8) is 0 Å². The molecule has 7 rings (SSSR count). The first-order chi connectivity index (χ1) is 20.3. The summed E-state index contributed by atoms with van der Waals surface area (Å²) in [7, 11) is -2.38. The summed E-state index contributed by atoms with van der Waals surface area (Å²) in [5.74, 6) is 0. The molecule has 0 saturated carbocycles. The molecule has 0 unspecified atom stereocenters. The third-order valence-electron chi connectivity index (χ3n) is 7.87. The van der Waals surface area contributed by atoms with Crippen molar-refractivity contribution < 1.29 is 18.3 Å². The summed E-state index contributed by atoms with van der Waals surface area (Å²) >= 11 is -11.2. The van der Waals surface area contributed by atoms with E-state index >= 15 is 0 Å². The van der Waals surface area contributed by atoms with Crippen LogP contribution in [0.15, 0.2) is 146 Å². The molecule has 0 aliphatic carbocycles. The number of hydrogen-bond donors (Lipinski definition) is 0. The van der Waals surface area contributed by atoms with E-state index in [-0.39, 0.29) is 1.43 Å². The summed E-state index contributed by atoms with van der Waals surface area (Å²) in [6, 6.07) is 54.3. The molecule has 0 aliphatic heterocycles. The standard InChI is InChI=1S/C35H27P.6FH.Sb/c1-4-13-30(14-5-1)36(31-15-6-2-7-16-31,32-17-8-3-9-18-32)25-29-22-21-28-20-19-26-11-10-12-27-23-24-33(29)35(28)34(26)27;;;;;;;/h1-24,36H,25H2;6*1H;/q;;;;;;;+5/p-5. The van der Waals surface area contributed by atoms with Gasteiger partial charge in [-0.05, 0) is 0 Å². The first-order valence-corrected chi connectivity index (χ1v) is 21.7. The van der Waals surface area contributed by atoms with E-state index < -0.39 is 26.7 Å². The first-order valence-electron chi connectivity index (χ1n) is 13.7. The van der Waals surface area contributed by atoms with Gasteiger partial charge in [-0.15, -0.1) is 0 Å². The van der Waals surface area contributed by atoms with Gasteiger partial charge in [0.25, 0.3) is 0 Å². The Morgan fingerprint density at radius 1 is 0.419 bits per heavy atom. The molecule has 220 valence electrons. The van der Waals surface area contributed by atoms with E-state index in [1.54, 1.807) is 0 Å². The molecule has 0 amide bonds. The van der Waals surface area contributed by atoms with Crippen LogP contribution in [0, 0.1) is 0 Å². The summed E-state index contributed by atoms with van der Waals surface area (Å²) in [6.45, 7) is 0. The third-order valence-corrected chi connectivity index (χ3v) is 12.7. The quantitative estimate of drug-likeness (QED) is 0.0721. The van der Waals surface area contributed by atoms with Crippen molar-refractivity contribution >= 4 is 75.0 Å². The second kappa shape index (κ2) is 10.3.